The smallest absolute Gasteiger partial charge is 0.220 e. The van der Waals surface area contributed by atoms with E-state index < -0.39 is 0 Å². The standard InChI is InChI=1S/C21H25ClN2O/c22-15-3-5-19-17(10-15)18-11-16(4-6-20(18)24-19)23-21(25)9-14-8-12-1-2-13(14)7-12/h3,5,10,12-14,16,24H,1-2,4,6-9,11H2,(H,23,25)/t12-,13+,14+,16+/m1/s1. The maximum atomic E-state index is 12.6. The Bertz CT molecular complexity index is 827. The first-order valence-corrected chi connectivity index (χ1v) is 10.1. The van der Waals surface area contributed by atoms with E-state index in [1.54, 1.807) is 0 Å². The second kappa shape index (κ2) is 6.05. The molecule has 4 heteroatoms. The van der Waals surface area contributed by atoms with E-state index >= 15 is 0 Å². The van der Waals surface area contributed by atoms with Gasteiger partial charge in [0.25, 0.3) is 0 Å². The highest BCUT2D eigenvalue weighted by molar-refractivity contribution is 6.31. The van der Waals surface area contributed by atoms with Crippen molar-refractivity contribution in [3.05, 3.63) is 34.5 Å². The van der Waals surface area contributed by atoms with Crippen molar-refractivity contribution in [3.63, 3.8) is 0 Å². The molecule has 1 aromatic heterocycles. The number of halogens is 1. The van der Waals surface area contributed by atoms with Crippen LogP contribution < -0.4 is 5.32 Å². The Balaban J connectivity index is 1.26. The quantitative estimate of drug-likeness (QED) is 0.828. The largest absolute Gasteiger partial charge is 0.358 e. The summed E-state index contributed by atoms with van der Waals surface area (Å²) in [5.74, 6) is 2.65. The number of H-pyrrole nitrogens is 1. The second-order valence-corrected chi connectivity index (χ2v) is 8.85. The van der Waals surface area contributed by atoms with E-state index in [4.69, 9.17) is 11.6 Å². The number of rotatable bonds is 3. The molecule has 0 spiro atoms. The highest BCUT2D eigenvalue weighted by Crippen LogP contribution is 2.49. The lowest BCUT2D eigenvalue weighted by Crippen LogP contribution is -2.39. The van der Waals surface area contributed by atoms with Gasteiger partial charge in [-0.05, 0) is 80.0 Å². The molecule has 3 aliphatic carbocycles. The fourth-order valence-electron chi connectivity index (χ4n) is 5.66. The minimum Gasteiger partial charge on any atom is -0.358 e. The van der Waals surface area contributed by atoms with E-state index in [2.05, 4.69) is 16.4 Å². The van der Waals surface area contributed by atoms with Crippen LogP contribution in [0.3, 0.4) is 0 Å². The SMILES string of the molecule is O=C(C[C@@H]1C[C@@H]2CC[C@H]1C2)N[C@H]1CCc2[nH]c3ccc(Cl)cc3c2C1. The van der Waals surface area contributed by atoms with E-state index in [9.17, 15) is 4.79 Å². The van der Waals surface area contributed by atoms with Crippen LogP contribution >= 0.6 is 11.6 Å². The molecule has 2 N–H and O–H groups in total. The summed E-state index contributed by atoms with van der Waals surface area (Å²) in [6.07, 6.45) is 9.09. The summed E-state index contributed by atoms with van der Waals surface area (Å²) in [6, 6.07) is 6.29. The Morgan fingerprint density at radius 3 is 2.96 bits per heavy atom. The fraction of sp³-hybridized carbons (Fsp3) is 0.571. The summed E-state index contributed by atoms with van der Waals surface area (Å²) in [5.41, 5.74) is 3.81. The number of amides is 1. The molecule has 0 saturated heterocycles. The molecule has 1 aromatic carbocycles. The van der Waals surface area contributed by atoms with E-state index in [1.165, 1.54) is 42.3 Å². The molecular formula is C21H25ClN2O. The first-order chi connectivity index (χ1) is 12.2. The molecule has 1 amide bonds. The maximum Gasteiger partial charge on any atom is 0.220 e. The highest BCUT2D eigenvalue weighted by atomic mass is 35.5. The average Bonchev–Trinajstić information content (AvgIpc) is 3.28. The molecule has 5 rings (SSSR count). The van der Waals surface area contributed by atoms with Crippen LogP contribution in [0.1, 0.15) is 49.8 Å². The first-order valence-electron chi connectivity index (χ1n) is 9.74. The molecule has 1 heterocycles. The summed E-state index contributed by atoms with van der Waals surface area (Å²) in [7, 11) is 0. The maximum absolute atomic E-state index is 12.6. The van der Waals surface area contributed by atoms with Crippen LogP contribution in [0.5, 0.6) is 0 Å². The van der Waals surface area contributed by atoms with Gasteiger partial charge in [0.15, 0.2) is 0 Å². The Morgan fingerprint density at radius 2 is 2.16 bits per heavy atom. The van der Waals surface area contributed by atoms with Crippen LogP contribution in [0.25, 0.3) is 10.9 Å². The molecule has 3 nitrogen and oxygen atoms in total. The lowest BCUT2D eigenvalue weighted by atomic mass is 9.86. The first kappa shape index (κ1) is 15.7. The van der Waals surface area contributed by atoms with Gasteiger partial charge in [0, 0.05) is 34.1 Å². The van der Waals surface area contributed by atoms with Gasteiger partial charge in [-0.25, -0.2) is 0 Å². The van der Waals surface area contributed by atoms with Crippen molar-refractivity contribution < 1.29 is 4.79 Å². The zero-order chi connectivity index (χ0) is 17.0. The van der Waals surface area contributed by atoms with Crippen LogP contribution in [0, 0.1) is 17.8 Å². The zero-order valence-corrected chi connectivity index (χ0v) is 15.2. The molecule has 2 fully saturated rings. The summed E-state index contributed by atoms with van der Waals surface area (Å²) in [4.78, 5) is 16.1. The van der Waals surface area contributed by atoms with Crippen molar-refractivity contribution in [2.75, 3.05) is 0 Å². The lowest BCUT2D eigenvalue weighted by Gasteiger charge is -2.26. The predicted molar refractivity (Wildman–Crippen MR) is 101 cm³/mol. The highest BCUT2D eigenvalue weighted by Gasteiger charge is 2.40. The van der Waals surface area contributed by atoms with E-state index in [0.29, 0.717) is 5.92 Å². The van der Waals surface area contributed by atoms with Crippen molar-refractivity contribution in [1.82, 2.24) is 10.3 Å². The van der Waals surface area contributed by atoms with Gasteiger partial charge in [0.1, 0.15) is 0 Å². The fourth-order valence-corrected chi connectivity index (χ4v) is 5.84. The number of hydrogen-bond donors (Lipinski definition) is 2. The molecular weight excluding hydrogens is 332 g/mol. The molecule has 0 unspecified atom stereocenters. The Labute approximate surface area is 153 Å². The lowest BCUT2D eigenvalue weighted by molar-refractivity contribution is -0.123. The van der Waals surface area contributed by atoms with Gasteiger partial charge in [-0.3, -0.25) is 4.79 Å². The van der Waals surface area contributed by atoms with Gasteiger partial charge >= 0.3 is 0 Å². The monoisotopic (exact) mass is 356 g/mol. The topological polar surface area (TPSA) is 44.9 Å². The van der Waals surface area contributed by atoms with Crippen molar-refractivity contribution in [2.45, 2.75) is 57.4 Å². The zero-order valence-electron chi connectivity index (χ0n) is 14.5. The Morgan fingerprint density at radius 1 is 1.24 bits per heavy atom. The number of aryl methyl sites for hydroxylation is 1. The van der Waals surface area contributed by atoms with E-state index in [0.717, 1.165) is 48.1 Å². The normalized spacial score (nSPS) is 30.6. The van der Waals surface area contributed by atoms with Gasteiger partial charge in [-0.15, -0.1) is 0 Å². The summed E-state index contributed by atoms with van der Waals surface area (Å²) in [5, 5.41) is 5.32. The molecule has 0 radical (unpaired) electrons. The van der Waals surface area contributed by atoms with Crippen molar-refractivity contribution in [3.8, 4) is 0 Å². The number of benzene rings is 1. The van der Waals surface area contributed by atoms with Crippen LogP contribution in [0.2, 0.25) is 5.02 Å². The molecule has 4 atom stereocenters. The molecule has 2 saturated carbocycles. The van der Waals surface area contributed by atoms with Gasteiger partial charge in [-0.2, -0.15) is 0 Å². The van der Waals surface area contributed by atoms with Crippen molar-refractivity contribution in [2.24, 2.45) is 17.8 Å². The summed E-state index contributed by atoms with van der Waals surface area (Å²) in [6.45, 7) is 0. The molecule has 3 aliphatic rings. The van der Waals surface area contributed by atoms with Crippen LogP contribution in [0.4, 0.5) is 0 Å². The average molecular weight is 357 g/mol. The van der Waals surface area contributed by atoms with Crippen molar-refractivity contribution in [1.29, 1.82) is 0 Å². The number of aromatic amines is 1. The second-order valence-electron chi connectivity index (χ2n) is 8.42. The number of hydrogen-bond acceptors (Lipinski definition) is 1. The van der Waals surface area contributed by atoms with Gasteiger partial charge in [-0.1, -0.05) is 18.0 Å². The third kappa shape index (κ3) is 2.87. The van der Waals surface area contributed by atoms with Gasteiger partial charge < -0.3 is 10.3 Å². The van der Waals surface area contributed by atoms with Crippen LogP contribution in [-0.2, 0) is 17.6 Å². The van der Waals surface area contributed by atoms with Gasteiger partial charge in [0.05, 0.1) is 0 Å². The number of aromatic nitrogens is 1. The number of carbonyl (C=O) groups excluding carboxylic acids is 1. The molecule has 0 aliphatic heterocycles. The van der Waals surface area contributed by atoms with Crippen LogP contribution in [0.15, 0.2) is 18.2 Å². The van der Waals surface area contributed by atoms with E-state index in [1.807, 2.05) is 12.1 Å². The molecule has 25 heavy (non-hydrogen) atoms. The Hall–Kier alpha value is -1.48. The number of nitrogens with one attached hydrogen (secondary N) is 2. The number of carbonyl (C=O) groups is 1. The third-order valence-electron chi connectivity index (χ3n) is 6.85. The minimum atomic E-state index is 0.261. The summed E-state index contributed by atoms with van der Waals surface area (Å²) >= 11 is 6.18. The minimum absolute atomic E-state index is 0.261. The van der Waals surface area contributed by atoms with Crippen LogP contribution in [-0.4, -0.2) is 16.9 Å². The summed E-state index contributed by atoms with van der Waals surface area (Å²) < 4.78 is 0. The number of fused-ring (bicyclic) bond motifs is 5. The van der Waals surface area contributed by atoms with Crippen molar-refractivity contribution >= 4 is 28.4 Å². The predicted octanol–water partition coefficient (Wildman–Crippen LogP) is 4.62. The molecule has 2 bridgehead atoms. The molecule has 132 valence electrons. The molecule has 2 aromatic rings. The van der Waals surface area contributed by atoms with Gasteiger partial charge in [0.2, 0.25) is 5.91 Å². The third-order valence-corrected chi connectivity index (χ3v) is 7.08. The Kier molecular flexibility index (Phi) is 3.81. The van der Waals surface area contributed by atoms with E-state index in [-0.39, 0.29) is 11.9 Å².